The summed E-state index contributed by atoms with van der Waals surface area (Å²) in [5, 5.41) is 9.61. The molecule has 2 aliphatic heterocycles. The second kappa shape index (κ2) is 7.54. The van der Waals surface area contributed by atoms with Gasteiger partial charge in [0.1, 0.15) is 18.1 Å². The van der Waals surface area contributed by atoms with E-state index in [1.165, 1.54) is 6.92 Å². The molecule has 1 aromatic rings. The molecule has 1 N–H and O–H groups in total. The molecule has 3 unspecified atom stereocenters. The van der Waals surface area contributed by atoms with Crippen molar-refractivity contribution in [2.45, 2.75) is 56.4 Å². The topological polar surface area (TPSA) is 76.1 Å². The first kappa shape index (κ1) is 17.9. The molecule has 2 heterocycles. The SMILES string of the molecule is CC(=O)OC1C[C@@H]2CC(OC(=O)C(CO)c3ccccc3)C[C@H]1N2C. The van der Waals surface area contributed by atoms with Gasteiger partial charge in [0.2, 0.25) is 0 Å². The van der Waals surface area contributed by atoms with Gasteiger partial charge in [0.05, 0.1) is 12.6 Å². The number of fused-ring (bicyclic) bond motifs is 2. The summed E-state index contributed by atoms with van der Waals surface area (Å²) in [6.45, 7) is 1.14. The zero-order valence-electron chi connectivity index (χ0n) is 14.6. The number of likely N-dealkylation sites (N-methyl/N-ethyl adjacent to an activating group) is 1. The van der Waals surface area contributed by atoms with Gasteiger partial charge in [-0.2, -0.15) is 0 Å². The molecule has 2 aliphatic rings. The highest BCUT2D eigenvalue weighted by atomic mass is 16.6. The fourth-order valence-electron chi connectivity index (χ4n) is 4.06. The molecule has 0 amide bonds. The van der Waals surface area contributed by atoms with Crippen LogP contribution in [0, 0.1) is 0 Å². The molecule has 1 aromatic carbocycles. The number of rotatable bonds is 5. The van der Waals surface area contributed by atoms with Crippen molar-refractivity contribution in [2.24, 2.45) is 0 Å². The fourth-order valence-corrected chi connectivity index (χ4v) is 4.06. The highest BCUT2D eigenvalue weighted by Crippen LogP contribution is 2.38. The molecule has 0 aliphatic carbocycles. The van der Waals surface area contributed by atoms with Crippen LogP contribution in [0.5, 0.6) is 0 Å². The van der Waals surface area contributed by atoms with Gasteiger partial charge in [0.25, 0.3) is 0 Å². The summed E-state index contributed by atoms with van der Waals surface area (Å²) < 4.78 is 11.1. The summed E-state index contributed by atoms with van der Waals surface area (Å²) >= 11 is 0. The Morgan fingerprint density at radius 1 is 1.20 bits per heavy atom. The Morgan fingerprint density at radius 2 is 1.92 bits per heavy atom. The third-order valence-electron chi connectivity index (χ3n) is 5.34. The van der Waals surface area contributed by atoms with Gasteiger partial charge < -0.3 is 14.6 Å². The lowest BCUT2D eigenvalue weighted by Gasteiger charge is -2.36. The third kappa shape index (κ3) is 3.85. The van der Waals surface area contributed by atoms with Crippen molar-refractivity contribution in [3.05, 3.63) is 35.9 Å². The molecule has 25 heavy (non-hydrogen) atoms. The second-order valence-electron chi connectivity index (χ2n) is 6.95. The number of ether oxygens (including phenoxy) is 2. The molecule has 0 saturated carbocycles. The number of hydrogen-bond donors (Lipinski definition) is 1. The lowest BCUT2D eigenvalue weighted by atomic mass is 9.98. The normalized spacial score (nSPS) is 29.9. The van der Waals surface area contributed by atoms with Gasteiger partial charge in [-0.25, -0.2) is 0 Å². The van der Waals surface area contributed by atoms with Crippen LogP contribution in [0.3, 0.4) is 0 Å². The predicted molar refractivity (Wildman–Crippen MR) is 90.9 cm³/mol. The number of aliphatic hydroxyl groups is 1. The molecule has 2 saturated heterocycles. The van der Waals surface area contributed by atoms with Crippen LogP contribution in [0.2, 0.25) is 0 Å². The van der Waals surface area contributed by atoms with Gasteiger partial charge in [-0.3, -0.25) is 14.5 Å². The van der Waals surface area contributed by atoms with Crippen LogP contribution < -0.4 is 0 Å². The molecular weight excluding hydrogens is 322 g/mol. The Hall–Kier alpha value is -1.92. The summed E-state index contributed by atoms with van der Waals surface area (Å²) in [7, 11) is 2.03. The largest absolute Gasteiger partial charge is 0.462 e. The Labute approximate surface area is 147 Å². The van der Waals surface area contributed by atoms with E-state index in [4.69, 9.17) is 9.47 Å². The molecule has 6 nitrogen and oxygen atoms in total. The van der Waals surface area contributed by atoms with Crippen molar-refractivity contribution in [3.8, 4) is 0 Å². The van der Waals surface area contributed by atoms with E-state index < -0.39 is 11.9 Å². The number of aliphatic hydroxyl groups excluding tert-OH is 1. The number of carbonyl (C=O) groups is 2. The lowest BCUT2D eigenvalue weighted by molar-refractivity contribution is -0.157. The predicted octanol–water partition coefficient (Wildman–Crippen LogP) is 1.47. The molecule has 136 valence electrons. The van der Waals surface area contributed by atoms with Crippen LogP contribution in [-0.4, -0.2) is 59.9 Å². The molecule has 6 heteroatoms. The van der Waals surface area contributed by atoms with Crippen LogP contribution >= 0.6 is 0 Å². The summed E-state index contributed by atoms with van der Waals surface area (Å²) in [4.78, 5) is 26.0. The van der Waals surface area contributed by atoms with Gasteiger partial charge in [-0.1, -0.05) is 30.3 Å². The Balaban J connectivity index is 1.64. The van der Waals surface area contributed by atoms with Crippen LogP contribution in [0.4, 0.5) is 0 Å². The van der Waals surface area contributed by atoms with Crippen molar-refractivity contribution in [3.63, 3.8) is 0 Å². The summed E-state index contributed by atoms with van der Waals surface area (Å²) in [5.74, 6) is -1.33. The van der Waals surface area contributed by atoms with Crippen molar-refractivity contribution in [1.29, 1.82) is 0 Å². The minimum Gasteiger partial charge on any atom is -0.462 e. The van der Waals surface area contributed by atoms with Gasteiger partial charge >= 0.3 is 11.9 Å². The quantitative estimate of drug-likeness (QED) is 0.813. The van der Waals surface area contributed by atoms with Crippen molar-refractivity contribution < 1.29 is 24.2 Å². The fraction of sp³-hybridized carbons (Fsp3) is 0.579. The Morgan fingerprint density at radius 3 is 2.56 bits per heavy atom. The first-order valence-electron chi connectivity index (χ1n) is 8.75. The zero-order chi connectivity index (χ0) is 18.0. The third-order valence-corrected chi connectivity index (χ3v) is 5.34. The van der Waals surface area contributed by atoms with Gasteiger partial charge in [-0.05, 0) is 12.6 Å². The van der Waals surface area contributed by atoms with Crippen LogP contribution in [-0.2, 0) is 19.1 Å². The lowest BCUT2D eigenvalue weighted by Crippen LogP contribution is -2.46. The van der Waals surface area contributed by atoms with E-state index in [9.17, 15) is 14.7 Å². The maximum Gasteiger partial charge on any atom is 0.316 e. The second-order valence-corrected chi connectivity index (χ2v) is 6.95. The summed E-state index contributed by atoms with van der Waals surface area (Å²) in [6, 6.07) is 9.49. The number of carbonyl (C=O) groups excluding carboxylic acids is 2. The van der Waals surface area contributed by atoms with Crippen LogP contribution in [0.15, 0.2) is 30.3 Å². The number of hydrogen-bond acceptors (Lipinski definition) is 6. The number of benzene rings is 1. The molecule has 0 radical (unpaired) electrons. The van der Waals surface area contributed by atoms with Crippen LogP contribution in [0.25, 0.3) is 0 Å². The average molecular weight is 347 g/mol. The first-order valence-corrected chi connectivity index (χ1v) is 8.75. The molecule has 2 bridgehead atoms. The maximum atomic E-state index is 12.5. The molecule has 5 atom stereocenters. The Bertz CT molecular complexity index is 620. The highest BCUT2D eigenvalue weighted by Gasteiger charge is 2.47. The average Bonchev–Trinajstić information content (AvgIpc) is 2.75. The number of nitrogens with zero attached hydrogens (tertiary/aromatic N) is 1. The van der Waals surface area contributed by atoms with Gasteiger partial charge in [-0.15, -0.1) is 0 Å². The van der Waals surface area contributed by atoms with Gasteiger partial charge in [0, 0.05) is 32.2 Å². The van der Waals surface area contributed by atoms with Crippen molar-refractivity contribution in [1.82, 2.24) is 4.90 Å². The summed E-state index contributed by atoms with van der Waals surface area (Å²) in [6.07, 6.45) is 1.79. The van der Waals surface area contributed by atoms with E-state index in [1.807, 2.05) is 37.4 Å². The van der Waals surface area contributed by atoms with Crippen molar-refractivity contribution >= 4 is 11.9 Å². The summed E-state index contributed by atoms with van der Waals surface area (Å²) in [5.41, 5.74) is 0.753. The molecular formula is C19H25NO5. The number of esters is 2. The van der Waals surface area contributed by atoms with Gasteiger partial charge in [0.15, 0.2) is 0 Å². The first-order chi connectivity index (χ1) is 12.0. The van der Waals surface area contributed by atoms with E-state index in [2.05, 4.69) is 4.90 Å². The minimum absolute atomic E-state index is 0.0738. The molecule has 0 aromatic heterocycles. The Kier molecular flexibility index (Phi) is 5.39. The van der Waals surface area contributed by atoms with E-state index in [1.54, 1.807) is 0 Å². The van der Waals surface area contributed by atoms with Crippen LogP contribution in [0.1, 0.15) is 37.7 Å². The van der Waals surface area contributed by atoms with E-state index in [-0.39, 0.29) is 36.9 Å². The molecule has 0 spiro atoms. The minimum atomic E-state index is -0.664. The molecule has 3 rings (SSSR count). The van der Waals surface area contributed by atoms with Crippen molar-refractivity contribution in [2.75, 3.05) is 13.7 Å². The van der Waals surface area contributed by atoms with E-state index >= 15 is 0 Å². The van der Waals surface area contributed by atoms with E-state index in [0.717, 1.165) is 18.4 Å². The molecule has 2 fully saturated rings. The smallest absolute Gasteiger partial charge is 0.316 e. The highest BCUT2D eigenvalue weighted by molar-refractivity contribution is 5.78. The van der Waals surface area contributed by atoms with E-state index in [0.29, 0.717) is 6.42 Å². The zero-order valence-corrected chi connectivity index (χ0v) is 14.6. The monoisotopic (exact) mass is 347 g/mol. The maximum absolute atomic E-state index is 12.5. The standard InChI is InChI=1S/C19H25NO5/c1-12(22)24-18-9-14-8-15(10-17(18)20(14)2)25-19(23)16(11-21)13-6-4-3-5-7-13/h3-7,14-18,21H,8-11H2,1-2H3/t14-,15?,16?,17+,18?/m0/s1. The number of piperidine rings is 1.